The van der Waals surface area contributed by atoms with Crippen LogP contribution in [-0.2, 0) is 14.3 Å². The smallest absolute Gasteiger partial charge is 0.305 e. The number of methoxy groups -OCH3 is 1. The van der Waals surface area contributed by atoms with Crippen molar-refractivity contribution in [2.45, 2.75) is 44.1 Å². The van der Waals surface area contributed by atoms with Gasteiger partial charge in [-0.15, -0.1) is 0 Å². The maximum absolute atomic E-state index is 12.1. The van der Waals surface area contributed by atoms with E-state index in [2.05, 4.69) is 5.32 Å². The van der Waals surface area contributed by atoms with E-state index in [0.717, 1.165) is 32.1 Å². The number of amides is 1. The monoisotopic (exact) mass is 286 g/mol. The van der Waals surface area contributed by atoms with Crippen molar-refractivity contribution in [3.8, 4) is 0 Å². The average Bonchev–Trinajstić information content (AvgIpc) is 2.35. The number of carbonyl (C=O) groups is 2. The number of hydrogen-bond acceptors (Lipinski definition) is 4. The van der Waals surface area contributed by atoms with E-state index in [1.54, 1.807) is 7.11 Å². The predicted molar refractivity (Wildman–Crippen MR) is 75.6 cm³/mol. The lowest BCUT2D eigenvalue weighted by Crippen LogP contribution is -2.53. The van der Waals surface area contributed by atoms with E-state index >= 15 is 0 Å². The van der Waals surface area contributed by atoms with Crippen LogP contribution in [0.5, 0.6) is 0 Å². The summed E-state index contributed by atoms with van der Waals surface area (Å²) in [4.78, 5) is 25.0. The van der Waals surface area contributed by atoms with Gasteiger partial charge >= 0.3 is 5.97 Å². The highest BCUT2D eigenvalue weighted by Gasteiger charge is 2.35. The third kappa shape index (κ3) is 5.88. The van der Waals surface area contributed by atoms with Gasteiger partial charge in [0.2, 0.25) is 5.91 Å². The van der Waals surface area contributed by atoms with Crippen molar-refractivity contribution in [2.24, 2.45) is 0 Å². The molecule has 116 valence electrons. The number of nitrogens with zero attached hydrogens (tertiary/aromatic N) is 1. The molecule has 20 heavy (non-hydrogen) atoms. The summed E-state index contributed by atoms with van der Waals surface area (Å²) in [6.07, 6.45) is 4.60. The van der Waals surface area contributed by atoms with Crippen molar-refractivity contribution in [1.29, 1.82) is 0 Å². The average molecular weight is 286 g/mol. The molecule has 1 aliphatic carbocycles. The number of carboxylic acid groups (broad SMARTS) is 1. The lowest BCUT2D eigenvalue weighted by molar-refractivity contribution is -0.139. The van der Waals surface area contributed by atoms with Gasteiger partial charge < -0.3 is 15.2 Å². The molecule has 0 unspecified atom stereocenters. The molecule has 1 aliphatic rings. The molecule has 1 rings (SSSR count). The second kappa shape index (κ2) is 8.21. The topological polar surface area (TPSA) is 78.9 Å². The maximum Gasteiger partial charge on any atom is 0.305 e. The van der Waals surface area contributed by atoms with Gasteiger partial charge in [0, 0.05) is 13.7 Å². The van der Waals surface area contributed by atoms with Gasteiger partial charge in [-0.1, -0.05) is 19.3 Å². The van der Waals surface area contributed by atoms with Gasteiger partial charge in [0.1, 0.15) is 0 Å². The molecule has 0 bridgehead atoms. The van der Waals surface area contributed by atoms with E-state index in [1.807, 2.05) is 11.9 Å². The quantitative estimate of drug-likeness (QED) is 0.692. The first-order chi connectivity index (χ1) is 9.47. The zero-order valence-corrected chi connectivity index (χ0v) is 12.5. The van der Waals surface area contributed by atoms with Crippen molar-refractivity contribution >= 4 is 11.9 Å². The Morgan fingerprint density at radius 1 is 1.30 bits per heavy atom. The fraction of sp³-hybridized carbons (Fsp3) is 0.857. The summed E-state index contributed by atoms with van der Waals surface area (Å²) in [5, 5.41) is 12.0. The van der Waals surface area contributed by atoms with E-state index in [1.165, 1.54) is 0 Å². The Labute approximate surface area is 120 Å². The van der Waals surface area contributed by atoms with Crippen molar-refractivity contribution < 1.29 is 19.4 Å². The molecule has 0 aromatic rings. The molecule has 0 aromatic carbocycles. The highest BCUT2D eigenvalue weighted by Crippen LogP contribution is 2.31. The Bertz CT molecular complexity index is 327. The van der Waals surface area contributed by atoms with Gasteiger partial charge in [-0.25, -0.2) is 0 Å². The molecule has 0 aromatic heterocycles. The first-order valence-corrected chi connectivity index (χ1v) is 7.18. The molecule has 6 nitrogen and oxygen atoms in total. The molecule has 0 aliphatic heterocycles. The van der Waals surface area contributed by atoms with Crippen LogP contribution in [0.1, 0.15) is 38.5 Å². The van der Waals surface area contributed by atoms with E-state index < -0.39 is 11.5 Å². The van der Waals surface area contributed by atoms with Crippen LogP contribution in [0.15, 0.2) is 0 Å². The molecule has 1 saturated carbocycles. The van der Waals surface area contributed by atoms with Crippen LogP contribution in [0.4, 0.5) is 0 Å². The predicted octanol–water partition coefficient (Wildman–Crippen LogP) is 0.858. The number of nitrogens with one attached hydrogen (secondary N) is 1. The van der Waals surface area contributed by atoms with Crippen LogP contribution in [0, 0.1) is 0 Å². The summed E-state index contributed by atoms with van der Waals surface area (Å²) in [6.45, 7) is 1.52. The molecule has 0 radical (unpaired) electrons. The van der Waals surface area contributed by atoms with E-state index in [0.29, 0.717) is 13.2 Å². The number of ether oxygens (including phenoxy) is 1. The highest BCUT2D eigenvalue weighted by molar-refractivity contribution is 5.80. The Morgan fingerprint density at radius 3 is 2.50 bits per heavy atom. The molecule has 0 saturated heterocycles. The summed E-state index contributed by atoms with van der Waals surface area (Å²) in [5.41, 5.74) is -0.552. The Balaban J connectivity index is 2.51. The summed E-state index contributed by atoms with van der Waals surface area (Å²) in [7, 11) is 3.47. The van der Waals surface area contributed by atoms with Gasteiger partial charge in [-0.3, -0.25) is 14.5 Å². The zero-order valence-electron chi connectivity index (χ0n) is 12.5. The van der Waals surface area contributed by atoms with Gasteiger partial charge in [0.15, 0.2) is 0 Å². The fourth-order valence-corrected chi connectivity index (χ4v) is 2.77. The molecular weight excluding hydrogens is 260 g/mol. The molecule has 0 spiro atoms. The van der Waals surface area contributed by atoms with Crippen LogP contribution >= 0.6 is 0 Å². The van der Waals surface area contributed by atoms with Crippen molar-refractivity contribution in [1.82, 2.24) is 10.2 Å². The van der Waals surface area contributed by atoms with Gasteiger partial charge in [-0.2, -0.15) is 0 Å². The second-order valence-corrected chi connectivity index (χ2v) is 5.69. The number of rotatable bonds is 8. The summed E-state index contributed by atoms with van der Waals surface area (Å²) >= 11 is 0. The van der Waals surface area contributed by atoms with Gasteiger partial charge in [0.05, 0.1) is 25.1 Å². The first-order valence-electron chi connectivity index (χ1n) is 7.18. The zero-order chi connectivity index (χ0) is 15.0. The third-order valence-electron chi connectivity index (χ3n) is 3.80. The van der Waals surface area contributed by atoms with Crippen LogP contribution in [-0.4, -0.2) is 61.3 Å². The van der Waals surface area contributed by atoms with Crippen LogP contribution < -0.4 is 5.32 Å². The van der Waals surface area contributed by atoms with Crippen molar-refractivity contribution in [3.05, 3.63) is 0 Å². The molecular formula is C14H26N2O4. The minimum atomic E-state index is -0.847. The van der Waals surface area contributed by atoms with Crippen LogP contribution in [0.2, 0.25) is 0 Å². The van der Waals surface area contributed by atoms with Crippen molar-refractivity contribution in [2.75, 3.05) is 33.9 Å². The molecule has 2 N–H and O–H groups in total. The minimum Gasteiger partial charge on any atom is -0.481 e. The van der Waals surface area contributed by atoms with Crippen LogP contribution in [0.25, 0.3) is 0 Å². The minimum absolute atomic E-state index is 0.0144. The fourth-order valence-electron chi connectivity index (χ4n) is 2.77. The first kappa shape index (κ1) is 16.9. The highest BCUT2D eigenvalue weighted by atomic mass is 16.5. The number of likely N-dealkylation sites (N-methyl/N-ethyl adjacent to an activating group) is 1. The Morgan fingerprint density at radius 2 is 1.95 bits per heavy atom. The Kier molecular flexibility index (Phi) is 6.95. The third-order valence-corrected chi connectivity index (χ3v) is 3.80. The standard InChI is InChI=1S/C14H26N2O4/c1-16(8-9-20-2)11-12(17)15-14(10-13(18)19)6-4-3-5-7-14/h3-11H2,1-2H3,(H,15,17)(H,18,19). The van der Waals surface area contributed by atoms with Gasteiger partial charge in [-0.05, 0) is 19.9 Å². The largest absolute Gasteiger partial charge is 0.481 e. The number of hydrogen-bond donors (Lipinski definition) is 2. The van der Waals surface area contributed by atoms with Gasteiger partial charge in [0.25, 0.3) is 0 Å². The maximum atomic E-state index is 12.1. The van der Waals surface area contributed by atoms with E-state index in [4.69, 9.17) is 9.84 Å². The summed E-state index contributed by atoms with van der Waals surface area (Å²) in [5.74, 6) is -0.952. The lowest BCUT2D eigenvalue weighted by atomic mass is 9.79. The summed E-state index contributed by atoms with van der Waals surface area (Å²) < 4.78 is 4.97. The van der Waals surface area contributed by atoms with E-state index in [-0.39, 0.29) is 18.9 Å². The van der Waals surface area contributed by atoms with E-state index in [9.17, 15) is 9.59 Å². The molecule has 0 atom stereocenters. The molecule has 1 fully saturated rings. The lowest BCUT2D eigenvalue weighted by Gasteiger charge is -2.37. The molecule has 6 heteroatoms. The second-order valence-electron chi connectivity index (χ2n) is 5.69. The number of carbonyl (C=O) groups excluding carboxylic acids is 1. The SMILES string of the molecule is COCCN(C)CC(=O)NC1(CC(=O)O)CCCCC1. The Hall–Kier alpha value is -1.14. The van der Waals surface area contributed by atoms with Crippen LogP contribution in [0.3, 0.4) is 0 Å². The van der Waals surface area contributed by atoms with Crippen molar-refractivity contribution in [3.63, 3.8) is 0 Å². The molecule has 1 amide bonds. The number of carboxylic acids is 1. The molecule has 0 heterocycles. The number of aliphatic carboxylic acids is 1. The normalized spacial score (nSPS) is 17.9. The summed E-state index contributed by atoms with van der Waals surface area (Å²) in [6, 6.07) is 0.